The Morgan fingerprint density at radius 2 is 1.18 bits per heavy atom. The van der Waals surface area contributed by atoms with Crippen molar-refractivity contribution in [1.82, 2.24) is 10.6 Å². The number of urea groups is 1. The van der Waals surface area contributed by atoms with Gasteiger partial charge >= 0.3 is 6.03 Å². The molecule has 2 unspecified atom stereocenters. The Hall–Kier alpha value is -4.48. The number of nitrogens with zero attached hydrogens (tertiary/aromatic N) is 2. The molecule has 168 valence electrons. The number of Topliss-reactive ketones (excluding diaryl/α,β-unsaturated/α-hetero) is 1. The number of ketones is 1. The number of hydrogen-bond donors (Lipinski definition) is 2. The molecule has 2 aromatic rings. The number of carbonyl (C=O) groups is 4. The average molecular weight is 452 g/mol. The summed E-state index contributed by atoms with van der Waals surface area (Å²) < 4.78 is 0. The van der Waals surface area contributed by atoms with E-state index in [1.807, 2.05) is 0 Å². The van der Waals surface area contributed by atoms with Crippen LogP contribution in [-0.4, -0.2) is 33.5 Å². The largest absolute Gasteiger partial charge is 0.328 e. The first-order valence-electron chi connectivity index (χ1n) is 9.82. The van der Waals surface area contributed by atoms with Gasteiger partial charge in [-0.2, -0.15) is 0 Å². The van der Waals surface area contributed by atoms with Crippen molar-refractivity contribution in [3.05, 3.63) is 79.9 Å². The summed E-state index contributed by atoms with van der Waals surface area (Å²) in [5.74, 6) is -4.60. The summed E-state index contributed by atoms with van der Waals surface area (Å²) in [5.41, 5.74) is -2.29. The Kier molecular flexibility index (Phi) is 5.20. The summed E-state index contributed by atoms with van der Waals surface area (Å²) in [6.07, 6.45) is -0.580. The zero-order valence-electron chi connectivity index (χ0n) is 16.8. The first kappa shape index (κ1) is 21.7. The maximum absolute atomic E-state index is 13.3. The second kappa shape index (κ2) is 7.89. The fraction of sp³-hybridized carbons (Fsp3) is 0.238. The number of nitro benzene ring substituents is 2. The number of amides is 4. The van der Waals surface area contributed by atoms with Crippen LogP contribution in [0.4, 0.5) is 16.2 Å². The molecule has 12 nitrogen and oxygen atoms in total. The molecule has 2 atom stereocenters. The van der Waals surface area contributed by atoms with Crippen molar-refractivity contribution in [3.8, 4) is 0 Å². The Morgan fingerprint density at radius 3 is 1.58 bits per heavy atom. The maximum atomic E-state index is 13.3. The van der Waals surface area contributed by atoms with E-state index in [0.29, 0.717) is 0 Å². The maximum Gasteiger partial charge on any atom is 0.328 e. The van der Waals surface area contributed by atoms with E-state index in [2.05, 4.69) is 10.6 Å². The molecule has 1 aliphatic carbocycles. The van der Waals surface area contributed by atoms with Gasteiger partial charge < -0.3 is 0 Å². The van der Waals surface area contributed by atoms with Gasteiger partial charge in [-0.3, -0.25) is 45.2 Å². The third-order valence-corrected chi connectivity index (χ3v) is 6.14. The van der Waals surface area contributed by atoms with Crippen LogP contribution in [0.5, 0.6) is 0 Å². The smallest absolute Gasteiger partial charge is 0.300 e. The highest BCUT2D eigenvalue weighted by molar-refractivity contribution is 6.21. The lowest BCUT2D eigenvalue weighted by Gasteiger charge is -2.47. The molecule has 1 saturated carbocycles. The highest BCUT2D eigenvalue weighted by Gasteiger charge is 2.63. The van der Waals surface area contributed by atoms with E-state index in [0.717, 1.165) is 0 Å². The molecular formula is C21H16N4O8. The molecule has 1 aliphatic heterocycles. The van der Waals surface area contributed by atoms with E-state index >= 15 is 0 Å². The minimum atomic E-state index is -2.05. The SMILES string of the molecule is O=C1CC(c2cccc([N+](=O)[O-])c2)C2(C(=O)NC(=O)NC2=O)C(c2cccc([N+](=O)[O-])c2)C1. The molecule has 2 fully saturated rings. The zero-order valence-corrected chi connectivity index (χ0v) is 16.8. The molecule has 0 radical (unpaired) electrons. The molecule has 0 aromatic heterocycles. The third-order valence-electron chi connectivity index (χ3n) is 6.14. The van der Waals surface area contributed by atoms with Crippen LogP contribution in [0.25, 0.3) is 0 Å². The van der Waals surface area contributed by atoms with Gasteiger partial charge in [0.2, 0.25) is 11.8 Å². The Balaban J connectivity index is 1.96. The van der Waals surface area contributed by atoms with Gasteiger partial charge in [-0.25, -0.2) is 4.79 Å². The summed E-state index contributed by atoms with van der Waals surface area (Å²) >= 11 is 0. The number of nitro groups is 2. The molecule has 33 heavy (non-hydrogen) atoms. The van der Waals surface area contributed by atoms with Gasteiger partial charge in [-0.1, -0.05) is 24.3 Å². The predicted octanol–water partition coefficient (Wildman–Crippen LogP) is 2.09. The predicted molar refractivity (Wildman–Crippen MR) is 110 cm³/mol. The van der Waals surface area contributed by atoms with Crippen LogP contribution in [0.3, 0.4) is 0 Å². The van der Waals surface area contributed by atoms with Crippen molar-refractivity contribution in [2.24, 2.45) is 5.41 Å². The quantitative estimate of drug-likeness (QED) is 0.402. The van der Waals surface area contributed by atoms with Gasteiger partial charge in [0, 0.05) is 48.9 Å². The summed E-state index contributed by atoms with van der Waals surface area (Å²) in [5, 5.41) is 26.7. The van der Waals surface area contributed by atoms with Crippen LogP contribution < -0.4 is 10.6 Å². The summed E-state index contributed by atoms with van der Waals surface area (Å²) in [6.45, 7) is 0. The fourth-order valence-electron chi connectivity index (χ4n) is 4.76. The number of non-ortho nitro benzene ring substituents is 2. The number of rotatable bonds is 4. The van der Waals surface area contributed by atoms with Gasteiger partial charge in [0.25, 0.3) is 11.4 Å². The molecule has 2 aromatic carbocycles. The normalized spacial score (nSPS) is 21.9. The van der Waals surface area contributed by atoms with Crippen LogP contribution in [0, 0.1) is 25.6 Å². The molecule has 4 rings (SSSR count). The van der Waals surface area contributed by atoms with Gasteiger partial charge in [0.15, 0.2) is 0 Å². The van der Waals surface area contributed by atoms with E-state index in [4.69, 9.17) is 0 Å². The highest BCUT2D eigenvalue weighted by atomic mass is 16.6. The van der Waals surface area contributed by atoms with Crippen molar-refractivity contribution in [1.29, 1.82) is 0 Å². The Labute approximate surface area is 185 Å². The van der Waals surface area contributed by atoms with E-state index in [1.165, 1.54) is 48.5 Å². The molecule has 1 heterocycles. The standard InChI is InChI=1S/C21H16N4O8/c26-15-9-16(11-3-1-5-13(7-11)24(30)31)21(18(27)22-20(29)23-19(21)28)17(10-15)12-4-2-6-14(8-12)25(32)33/h1-8,16-17H,9-10H2,(H2,22,23,27,28,29). The molecule has 1 saturated heterocycles. The summed E-state index contributed by atoms with van der Waals surface area (Å²) in [6, 6.07) is 9.41. The minimum Gasteiger partial charge on any atom is -0.300 e. The lowest BCUT2D eigenvalue weighted by Crippen LogP contribution is -2.67. The van der Waals surface area contributed by atoms with E-state index in [9.17, 15) is 39.4 Å². The topological polar surface area (TPSA) is 179 Å². The lowest BCUT2D eigenvalue weighted by molar-refractivity contribution is -0.385. The van der Waals surface area contributed by atoms with Gasteiger partial charge in [0.05, 0.1) is 9.85 Å². The second-order valence-corrected chi connectivity index (χ2v) is 7.86. The minimum absolute atomic E-state index is 0.187. The molecule has 2 N–H and O–H groups in total. The van der Waals surface area contributed by atoms with E-state index < -0.39 is 44.9 Å². The van der Waals surface area contributed by atoms with Crippen molar-refractivity contribution < 1.29 is 29.0 Å². The molecule has 4 amide bonds. The van der Waals surface area contributed by atoms with Crippen LogP contribution in [0.1, 0.15) is 35.8 Å². The van der Waals surface area contributed by atoms with Crippen molar-refractivity contribution in [2.45, 2.75) is 24.7 Å². The first-order chi connectivity index (χ1) is 15.6. The van der Waals surface area contributed by atoms with Gasteiger partial charge in [0.1, 0.15) is 11.2 Å². The molecule has 0 bridgehead atoms. The number of hydrogen-bond acceptors (Lipinski definition) is 8. The number of nitrogens with one attached hydrogen (secondary N) is 2. The number of carbonyl (C=O) groups excluding carboxylic acids is 4. The molecule has 1 spiro atoms. The third kappa shape index (κ3) is 3.50. The number of imide groups is 2. The monoisotopic (exact) mass is 452 g/mol. The molecule has 2 aliphatic rings. The zero-order chi connectivity index (χ0) is 23.9. The van der Waals surface area contributed by atoms with Crippen LogP contribution in [0.2, 0.25) is 0 Å². The molecular weight excluding hydrogens is 436 g/mol. The van der Waals surface area contributed by atoms with Crippen LogP contribution in [-0.2, 0) is 14.4 Å². The van der Waals surface area contributed by atoms with E-state index in [-0.39, 0.29) is 41.1 Å². The second-order valence-electron chi connectivity index (χ2n) is 7.86. The number of benzene rings is 2. The fourth-order valence-corrected chi connectivity index (χ4v) is 4.76. The van der Waals surface area contributed by atoms with Crippen LogP contribution in [0.15, 0.2) is 48.5 Å². The first-order valence-corrected chi connectivity index (χ1v) is 9.82. The van der Waals surface area contributed by atoms with Crippen LogP contribution >= 0.6 is 0 Å². The summed E-state index contributed by atoms with van der Waals surface area (Å²) in [7, 11) is 0. The average Bonchev–Trinajstić information content (AvgIpc) is 2.77. The van der Waals surface area contributed by atoms with E-state index in [1.54, 1.807) is 0 Å². The van der Waals surface area contributed by atoms with Crippen molar-refractivity contribution >= 4 is 35.0 Å². The lowest BCUT2D eigenvalue weighted by atomic mass is 9.54. The van der Waals surface area contributed by atoms with Crippen molar-refractivity contribution in [2.75, 3.05) is 0 Å². The Bertz CT molecular complexity index is 1150. The van der Waals surface area contributed by atoms with Gasteiger partial charge in [-0.05, 0) is 11.1 Å². The van der Waals surface area contributed by atoms with Gasteiger partial charge in [-0.15, -0.1) is 0 Å². The highest BCUT2D eigenvalue weighted by Crippen LogP contribution is 2.55. The Morgan fingerprint density at radius 1 is 0.758 bits per heavy atom. The summed E-state index contributed by atoms with van der Waals surface area (Å²) in [4.78, 5) is 72.6. The molecule has 12 heteroatoms. The number of barbiturate groups is 1. The van der Waals surface area contributed by atoms with Crippen molar-refractivity contribution in [3.63, 3.8) is 0 Å².